The van der Waals surface area contributed by atoms with Crippen LogP contribution in [0.25, 0.3) is 10.9 Å². The van der Waals surface area contributed by atoms with Gasteiger partial charge in [-0.05, 0) is 36.5 Å². The van der Waals surface area contributed by atoms with E-state index in [1.165, 1.54) is 12.1 Å². The highest BCUT2D eigenvalue weighted by Crippen LogP contribution is 2.42. The van der Waals surface area contributed by atoms with Gasteiger partial charge >= 0.3 is 12.1 Å². The standard InChI is InChI=1S/C17H19F3N2O3S/c18-17(19,20)16(25,8-10-26-9-7-12(21)15(23)24)14-6-5-11-3-1-2-4-13(11)22-14/h1-6,12,25H,7-10,21H2,(H,23,24). The fraction of sp³-hybridized carbons (Fsp3) is 0.412. The summed E-state index contributed by atoms with van der Waals surface area (Å²) in [5.41, 5.74) is 2.19. The molecule has 1 aromatic carbocycles. The summed E-state index contributed by atoms with van der Waals surface area (Å²) in [6, 6.07) is 8.34. The largest absolute Gasteiger partial charge is 0.480 e. The van der Waals surface area contributed by atoms with Crippen LogP contribution in [0.5, 0.6) is 0 Å². The molecule has 0 saturated carbocycles. The third-order valence-corrected chi connectivity index (χ3v) is 5.01. The molecule has 1 heterocycles. The maximum atomic E-state index is 13.5. The van der Waals surface area contributed by atoms with E-state index in [9.17, 15) is 23.1 Å². The number of nitrogens with two attached hydrogens (primary N) is 1. The van der Waals surface area contributed by atoms with E-state index >= 15 is 0 Å². The smallest absolute Gasteiger partial charge is 0.423 e. The molecule has 5 nitrogen and oxygen atoms in total. The highest BCUT2D eigenvalue weighted by Gasteiger charge is 2.55. The Morgan fingerprint density at radius 1 is 1.19 bits per heavy atom. The first-order valence-electron chi connectivity index (χ1n) is 7.86. The SMILES string of the molecule is NC(CCSCCC(O)(c1ccc2ccccc2n1)C(F)(F)F)C(=O)O. The van der Waals surface area contributed by atoms with Crippen molar-refractivity contribution >= 4 is 28.6 Å². The molecule has 0 fully saturated rings. The van der Waals surface area contributed by atoms with Gasteiger partial charge in [-0.25, -0.2) is 4.98 Å². The Labute approximate surface area is 152 Å². The van der Waals surface area contributed by atoms with Crippen molar-refractivity contribution in [1.82, 2.24) is 4.98 Å². The maximum Gasteiger partial charge on any atom is 0.423 e. The molecule has 9 heteroatoms. The van der Waals surface area contributed by atoms with Crippen molar-refractivity contribution in [2.75, 3.05) is 11.5 Å². The number of carbonyl (C=O) groups is 1. The van der Waals surface area contributed by atoms with Crippen molar-refractivity contribution in [2.45, 2.75) is 30.7 Å². The molecule has 0 aliphatic heterocycles. The Kier molecular flexibility index (Phi) is 6.48. The van der Waals surface area contributed by atoms with Crippen LogP contribution in [0.15, 0.2) is 36.4 Å². The average molecular weight is 388 g/mol. The predicted molar refractivity (Wildman–Crippen MR) is 93.9 cm³/mol. The van der Waals surface area contributed by atoms with E-state index in [4.69, 9.17) is 10.8 Å². The van der Waals surface area contributed by atoms with Crippen LogP contribution in [0.1, 0.15) is 18.5 Å². The molecule has 4 N–H and O–H groups in total. The second-order valence-electron chi connectivity index (χ2n) is 5.84. The van der Waals surface area contributed by atoms with Crippen LogP contribution >= 0.6 is 11.8 Å². The number of halogens is 3. The van der Waals surface area contributed by atoms with Gasteiger partial charge in [0.2, 0.25) is 5.60 Å². The number of hydrogen-bond acceptors (Lipinski definition) is 5. The van der Waals surface area contributed by atoms with Gasteiger partial charge in [0.25, 0.3) is 0 Å². The summed E-state index contributed by atoms with van der Waals surface area (Å²) >= 11 is 1.11. The molecule has 1 aromatic heterocycles. The van der Waals surface area contributed by atoms with Gasteiger partial charge in [0.05, 0.1) is 11.2 Å². The number of hydrogen-bond donors (Lipinski definition) is 3. The number of nitrogens with zero attached hydrogens (tertiary/aromatic N) is 1. The van der Waals surface area contributed by atoms with E-state index in [2.05, 4.69) is 4.98 Å². The summed E-state index contributed by atoms with van der Waals surface area (Å²) in [5, 5.41) is 19.7. The van der Waals surface area contributed by atoms with Gasteiger partial charge in [-0.2, -0.15) is 24.9 Å². The fourth-order valence-corrected chi connectivity index (χ4v) is 3.43. The number of thioether (sulfide) groups is 1. The topological polar surface area (TPSA) is 96.4 Å². The summed E-state index contributed by atoms with van der Waals surface area (Å²) in [4.78, 5) is 14.6. The highest BCUT2D eigenvalue weighted by atomic mass is 32.2. The Bertz CT molecular complexity index is 772. The number of pyridine rings is 1. The molecule has 2 unspecified atom stereocenters. The highest BCUT2D eigenvalue weighted by molar-refractivity contribution is 7.99. The summed E-state index contributed by atoms with van der Waals surface area (Å²) in [6.07, 6.45) is -5.34. The Hall–Kier alpha value is -1.84. The minimum absolute atomic E-state index is 0.0170. The van der Waals surface area contributed by atoms with Gasteiger partial charge in [0.1, 0.15) is 6.04 Å². The number of carboxylic acids is 1. The molecule has 0 aliphatic carbocycles. The minimum atomic E-state index is -4.89. The zero-order valence-corrected chi connectivity index (χ0v) is 14.6. The average Bonchev–Trinajstić information content (AvgIpc) is 2.59. The molecule has 2 rings (SSSR count). The van der Waals surface area contributed by atoms with Crippen molar-refractivity contribution in [1.29, 1.82) is 0 Å². The molecule has 142 valence electrons. The Balaban J connectivity index is 2.11. The lowest BCUT2D eigenvalue weighted by Gasteiger charge is -2.30. The van der Waals surface area contributed by atoms with Crippen molar-refractivity contribution < 1.29 is 28.2 Å². The Morgan fingerprint density at radius 2 is 1.88 bits per heavy atom. The van der Waals surface area contributed by atoms with Crippen molar-refractivity contribution in [3.8, 4) is 0 Å². The number of aliphatic carboxylic acids is 1. The number of benzene rings is 1. The number of aliphatic hydroxyl groups is 1. The van der Waals surface area contributed by atoms with Gasteiger partial charge < -0.3 is 15.9 Å². The van der Waals surface area contributed by atoms with E-state index < -0.39 is 35.9 Å². The number of aromatic nitrogens is 1. The van der Waals surface area contributed by atoms with Gasteiger partial charge in [0.15, 0.2) is 0 Å². The van der Waals surface area contributed by atoms with Crippen LogP contribution in [0.3, 0.4) is 0 Å². The lowest BCUT2D eigenvalue weighted by Crippen LogP contribution is -2.43. The molecule has 2 atom stereocenters. The van der Waals surface area contributed by atoms with E-state index in [-0.39, 0.29) is 17.9 Å². The summed E-state index contributed by atoms with van der Waals surface area (Å²) in [6.45, 7) is 0. The zero-order valence-electron chi connectivity index (χ0n) is 13.7. The van der Waals surface area contributed by atoms with Gasteiger partial charge in [-0.1, -0.05) is 24.3 Å². The Morgan fingerprint density at radius 3 is 2.54 bits per heavy atom. The first kappa shape index (κ1) is 20.5. The number of alkyl halides is 3. The van der Waals surface area contributed by atoms with E-state index in [1.54, 1.807) is 24.3 Å². The lowest BCUT2D eigenvalue weighted by molar-refractivity contribution is -0.268. The van der Waals surface area contributed by atoms with Crippen molar-refractivity contribution in [2.24, 2.45) is 5.73 Å². The van der Waals surface area contributed by atoms with E-state index in [0.717, 1.165) is 11.8 Å². The van der Waals surface area contributed by atoms with Crippen LogP contribution in [-0.2, 0) is 10.4 Å². The fourth-order valence-electron chi connectivity index (χ4n) is 2.37. The molecular formula is C17H19F3N2O3S. The molecule has 26 heavy (non-hydrogen) atoms. The molecule has 0 saturated heterocycles. The number of carboxylic acid groups (broad SMARTS) is 1. The third-order valence-electron chi connectivity index (χ3n) is 3.99. The van der Waals surface area contributed by atoms with Crippen LogP contribution in [0.4, 0.5) is 13.2 Å². The lowest BCUT2D eigenvalue weighted by atomic mass is 9.94. The molecule has 2 aromatic rings. The number of rotatable bonds is 8. The van der Waals surface area contributed by atoms with Crippen molar-refractivity contribution in [3.05, 3.63) is 42.1 Å². The maximum absolute atomic E-state index is 13.5. The van der Waals surface area contributed by atoms with E-state index in [1.807, 2.05) is 0 Å². The van der Waals surface area contributed by atoms with Crippen molar-refractivity contribution in [3.63, 3.8) is 0 Å². The van der Waals surface area contributed by atoms with Crippen LogP contribution in [-0.4, -0.2) is 44.9 Å². The van der Waals surface area contributed by atoms with E-state index in [0.29, 0.717) is 10.9 Å². The predicted octanol–water partition coefficient (Wildman–Crippen LogP) is 2.91. The zero-order chi connectivity index (χ0) is 19.4. The second kappa shape index (κ2) is 8.24. The van der Waals surface area contributed by atoms with Crippen LogP contribution in [0.2, 0.25) is 0 Å². The van der Waals surface area contributed by atoms with Gasteiger partial charge in [0, 0.05) is 5.39 Å². The quantitative estimate of drug-likeness (QED) is 0.602. The molecular weight excluding hydrogens is 369 g/mol. The molecule has 0 spiro atoms. The first-order valence-corrected chi connectivity index (χ1v) is 9.02. The first-order chi connectivity index (χ1) is 12.1. The molecule has 0 bridgehead atoms. The molecule has 0 aliphatic rings. The number of fused-ring (bicyclic) bond motifs is 1. The summed E-state index contributed by atoms with van der Waals surface area (Å²) < 4.78 is 40.6. The van der Waals surface area contributed by atoms with Crippen LogP contribution in [0, 0.1) is 0 Å². The molecule has 0 amide bonds. The monoisotopic (exact) mass is 388 g/mol. The molecule has 0 radical (unpaired) electrons. The number of para-hydroxylation sites is 1. The second-order valence-corrected chi connectivity index (χ2v) is 7.07. The normalized spacial score (nSPS) is 15.6. The minimum Gasteiger partial charge on any atom is -0.480 e. The van der Waals surface area contributed by atoms with Gasteiger partial charge in [-0.15, -0.1) is 0 Å². The van der Waals surface area contributed by atoms with Crippen LogP contribution < -0.4 is 5.73 Å². The van der Waals surface area contributed by atoms with Gasteiger partial charge in [-0.3, -0.25) is 4.79 Å². The summed E-state index contributed by atoms with van der Waals surface area (Å²) in [5.74, 6) is -0.888. The summed E-state index contributed by atoms with van der Waals surface area (Å²) in [7, 11) is 0. The third kappa shape index (κ3) is 4.66.